The molecule has 0 aliphatic carbocycles. The van der Waals surface area contributed by atoms with Crippen LogP contribution in [0.25, 0.3) is 0 Å². The largest absolute Gasteiger partial charge is 0.390 e. The van der Waals surface area contributed by atoms with Gasteiger partial charge in [0.15, 0.2) is 0 Å². The van der Waals surface area contributed by atoms with Crippen LogP contribution in [0.5, 0.6) is 0 Å². The topological polar surface area (TPSA) is 29.5 Å². The first-order valence-corrected chi connectivity index (χ1v) is 5.14. The Bertz CT molecular complexity index is 159. The summed E-state index contributed by atoms with van der Waals surface area (Å²) in [6.45, 7) is 6.63. The molecule has 0 bridgehead atoms. The van der Waals surface area contributed by atoms with E-state index in [9.17, 15) is 5.11 Å². The molecule has 1 aliphatic heterocycles. The highest BCUT2D eigenvalue weighted by molar-refractivity contribution is 4.89. The van der Waals surface area contributed by atoms with Crippen LogP contribution in [0, 0.1) is 0 Å². The van der Waals surface area contributed by atoms with Crippen LogP contribution in [0.4, 0.5) is 0 Å². The Hall–Kier alpha value is -0.340. The second-order valence-electron chi connectivity index (χ2n) is 3.97. The van der Waals surface area contributed by atoms with Crippen LogP contribution in [0.3, 0.4) is 0 Å². The standard InChI is InChI=1S/C11H20O2/c1-9(2)6-7-10(12)11-5-3-4-8-13-11/h10-12H,1,3-8H2,2H3. The van der Waals surface area contributed by atoms with Gasteiger partial charge in [0.2, 0.25) is 0 Å². The van der Waals surface area contributed by atoms with Crippen molar-refractivity contribution < 1.29 is 9.84 Å². The number of rotatable bonds is 4. The second kappa shape index (κ2) is 5.40. The maximum absolute atomic E-state index is 9.76. The van der Waals surface area contributed by atoms with Crippen LogP contribution in [-0.2, 0) is 4.74 Å². The van der Waals surface area contributed by atoms with Crippen molar-refractivity contribution in [2.24, 2.45) is 0 Å². The van der Waals surface area contributed by atoms with Gasteiger partial charge in [-0.05, 0) is 39.0 Å². The first kappa shape index (κ1) is 10.7. The molecule has 2 nitrogen and oxygen atoms in total. The van der Waals surface area contributed by atoms with E-state index in [4.69, 9.17) is 4.74 Å². The third-order valence-electron chi connectivity index (χ3n) is 2.51. The third kappa shape index (κ3) is 3.92. The van der Waals surface area contributed by atoms with E-state index >= 15 is 0 Å². The zero-order valence-corrected chi connectivity index (χ0v) is 8.46. The average Bonchev–Trinajstić information content (AvgIpc) is 2.15. The van der Waals surface area contributed by atoms with Gasteiger partial charge in [-0.15, -0.1) is 6.58 Å². The van der Waals surface area contributed by atoms with Crippen molar-refractivity contribution in [1.82, 2.24) is 0 Å². The molecule has 0 aromatic rings. The lowest BCUT2D eigenvalue weighted by Gasteiger charge is -2.27. The lowest BCUT2D eigenvalue weighted by Crippen LogP contribution is -2.32. The minimum Gasteiger partial charge on any atom is -0.390 e. The molecule has 1 N–H and O–H groups in total. The SMILES string of the molecule is C=C(C)CCC(O)C1CCCCO1. The number of ether oxygens (including phenoxy) is 1. The van der Waals surface area contributed by atoms with Crippen LogP contribution >= 0.6 is 0 Å². The molecule has 2 atom stereocenters. The monoisotopic (exact) mass is 184 g/mol. The summed E-state index contributed by atoms with van der Waals surface area (Å²) in [6.07, 6.45) is 4.82. The summed E-state index contributed by atoms with van der Waals surface area (Å²) in [7, 11) is 0. The molecule has 1 fully saturated rings. The summed E-state index contributed by atoms with van der Waals surface area (Å²) in [5.41, 5.74) is 1.13. The summed E-state index contributed by atoms with van der Waals surface area (Å²) in [6, 6.07) is 0. The lowest BCUT2D eigenvalue weighted by molar-refractivity contribution is -0.0640. The maximum atomic E-state index is 9.76. The molecule has 1 aliphatic rings. The molecule has 1 rings (SSSR count). The lowest BCUT2D eigenvalue weighted by atomic mass is 9.99. The van der Waals surface area contributed by atoms with Gasteiger partial charge in [-0.2, -0.15) is 0 Å². The van der Waals surface area contributed by atoms with Crippen molar-refractivity contribution >= 4 is 0 Å². The molecule has 2 heteroatoms. The highest BCUT2D eigenvalue weighted by Gasteiger charge is 2.21. The van der Waals surface area contributed by atoms with E-state index in [0.717, 1.165) is 37.9 Å². The van der Waals surface area contributed by atoms with Crippen LogP contribution < -0.4 is 0 Å². The predicted octanol–water partition coefficient (Wildman–Crippen LogP) is 2.27. The quantitative estimate of drug-likeness (QED) is 0.679. The normalized spacial score (nSPS) is 25.5. The van der Waals surface area contributed by atoms with E-state index in [-0.39, 0.29) is 12.2 Å². The summed E-state index contributed by atoms with van der Waals surface area (Å²) < 4.78 is 5.49. The van der Waals surface area contributed by atoms with Gasteiger partial charge in [0, 0.05) is 6.61 Å². The molecule has 76 valence electrons. The molecule has 2 unspecified atom stereocenters. The fourth-order valence-electron chi connectivity index (χ4n) is 1.65. The Kier molecular flexibility index (Phi) is 4.46. The number of hydrogen-bond acceptors (Lipinski definition) is 2. The Morgan fingerprint density at radius 3 is 2.92 bits per heavy atom. The van der Waals surface area contributed by atoms with E-state index < -0.39 is 0 Å². The van der Waals surface area contributed by atoms with Gasteiger partial charge in [0.25, 0.3) is 0 Å². The van der Waals surface area contributed by atoms with Gasteiger partial charge in [-0.25, -0.2) is 0 Å². The molecule has 0 saturated carbocycles. The summed E-state index contributed by atoms with van der Waals surface area (Å²) >= 11 is 0. The van der Waals surface area contributed by atoms with Gasteiger partial charge in [0.1, 0.15) is 0 Å². The van der Waals surface area contributed by atoms with E-state index in [0.29, 0.717) is 0 Å². The summed E-state index contributed by atoms with van der Waals surface area (Å²) in [5.74, 6) is 0. The summed E-state index contributed by atoms with van der Waals surface area (Å²) in [5, 5.41) is 9.76. The number of allylic oxidation sites excluding steroid dienone is 1. The highest BCUT2D eigenvalue weighted by atomic mass is 16.5. The molecule has 0 radical (unpaired) electrons. The van der Waals surface area contributed by atoms with Crippen LogP contribution in [0.15, 0.2) is 12.2 Å². The minimum atomic E-state index is -0.294. The molecule has 0 aromatic heterocycles. The van der Waals surface area contributed by atoms with Crippen molar-refractivity contribution in [1.29, 1.82) is 0 Å². The minimum absolute atomic E-state index is 0.0769. The predicted molar refractivity (Wildman–Crippen MR) is 53.6 cm³/mol. The zero-order valence-electron chi connectivity index (χ0n) is 8.46. The Labute approximate surface area is 80.6 Å². The van der Waals surface area contributed by atoms with Crippen LogP contribution in [0.1, 0.15) is 39.0 Å². The smallest absolute Gasteiger partial charge is 0.0834 e. The maximum Gasteiger partial charge on any atom is 0.0834 e. The molecular formula is C11H20O2. The number of aliphatic hydroxyl groups excluding tert-OH is 1. The molecule has 13 heavy (non-hydrogen) atoms. The molecule has 0 amide bonds. The van der Waals surface area contributed by atoms with Gasteiger partial charge in [0.05, 0.1) is 12.2 Å². The molecule has 1 heterocycles. The van der Waals surface area contributed by atoms with E-state index in [2.05, 4.69) is 6.58 Å². The zero-order chi connectivity index (χ0) is 9.68. The molecule has 1 saturated heterocycles. The Morgan fingerprint density at radius 2 is 2.38 bits per heavy atom. The fourth-order valence-corrected chi connectivity index (χ4v) is 1.65. The van der Waals surface area contributed by atoms with Crippen LogP contribution in [0.2, 0.25) is 0 Å². The molecular weight excluding hydrogens is 164 g/mol. The average molecular weight is 184 g/mol. The van der Waals surface area contributed by atoms with Crippen molar-refractivity contribution in [2.75, 3.05) is 6.61 Å². The van der Waals surface area contributed by atoms with Crippen molar-refractivity contribution in [3.05, 3.63) is 12.2 Å². The van der Waals surface area contributed by atoms with Gasteiger partial charge >= 0.3 is 0 Å². The van der Waals surface area contributed by atoms with Gasteiger partial charge in [-0.3, -0.25) is 0 Å². The molecule has 0 aromatic carbocycles. The summed E-state index contributed by atoms with van der Waals surface area (Å²) in [4.78, 5) is 0. The molecule has 0 spiro atoms. The van der Waals surface area contributed by atoms with Crippen molar-refractivity contribution in [3.63, 3.8) is 0 Å². The Morgan fingerprint density at radius 1 is 1.62 bits per heavy atom. The van der Waals surface area contributed by atoms with Crippen molar-refractivity contribution in [3.8, 4) is 0 Å². The van der Waals surface area contributed by atoms with Crippen LogP contribution in [-0.4, -0.2) is 23.9 Å². The number of hydrogen-bond donors (Lipinski definition) is 1. The van der Waals surface area contributed by atoms with E-state index in [1.165, 1.54) is 6.42 Å². The Balaban J connectivity index is 2.20. The first-order valence-electron chi connectivity index (χ1n) is 5.14. The number of aliphatic hydroxyl groups is 1. The first-order chi connectivity index (χ1) is 6.20. The third-order valence-corrected chi connectivity index (χ3v) is 2.51. The van der Waals surface area contributed by atoms with E-state index in [1.807, 2.05) is 6.92 Å². The fraction of sp³-hybridized carbons (Fsp3) is 0.818. The highest BCUT2D eigenvalue weighted by Crippen LogP contribution is 2.19. The second-order valence-corrected chi connectivity index (χ2v) is 3.97. The van der Waals surface area contributed by atoms with Gasteiger partial charge in [-0.1, -0.05) is 5.57 Å². The van der Waals surface area contributed by atoms with Gasteiger partial charge < -0.3 is 9.84 Å². The van der Waals surface area contributed by atoms with E-state index in [1.54, 1.807) is 0 Å². The van der Waals surface area contributed by atoms with Crippen molar-refractivity contribution in [2.45, 2.75) is 51.2 Å².